The molecule has 0 spiro atoms. The topological polar surface area (TPSA) is 32.8 Å². The second kappa shape index (κ2) is 5.80. The van der Waals surface area contributed by atoms with Crippen LogP contribution in [0.25, 0.3) is 0 Å². The highest BCUT2D eigenvalue weighted by Crippen LogP contribution is 2.54. The normalized spacial score (nSPS) is 35.0. The molecule has 2 saturated carbocycles. The van der Waals surface area contributed by atoms with Crippen molar-refractivity contribution in [2.24, 2.45) is 17.8 Å². The summed E-state index contributed by atoms with van der Waals surface area (Å²) in [7, 11) is 1.75. The van der Waals surface area contributed by atoms with Gasteiger partial charge in [0.25, 0.3) is 0 Å². The Morgan fingerprint density at radius 3 is 2.63 bits per heavy atom. The number of hydrogen-bond acceptors (Lipinski definition) is 3. The summed E-state index contributed by atoms with van der Waals surface area (Å²) < 4.78 is 5.14. The lowest BCUT2D eigenvalue weighted by atomic mass is 10.0. The van der Waals surface area contributed by atoms with Crippen LogP contribution in [0.3, 0.4) is 0 Å². The molecule has 3 aliphatic rings. The van der Waals surface area contributed by atoms with Gasteiger partial charge in [-0.3, -0.25) is 9.69 Å². The van der Waals surface area contributed by atoms with Crippen LogP contribution in [0.4, 0.5) is 0 Å². The van der Waals surface area contributed by atoms with Gasteiger partial charge >= 0.3 is 0 Å². The minimum Gasteiger partial charge on any atom is -0.383 e. The quantitative estimate of drug-likeness (QED) is 0.767. The molecule has 4 nitrogen and oxygen atoms in total. The fourth-order valence-electron chi connectivity index (χ4n) is 3.81. The number of carbonyl (C=O) groups is 1. The maximum Gasteiger partial charge on any atom is 0.225 e. The first-order chi connectivity index (χ1) is 9.28. The minimum absolute atomic E-state index is 0.356. The maximum atomic E-state index is 12.5. The van der Waals surface area contributed by atoms with Crippen LogP contribution in [0, 0.1) is 17.8 Å². The van der Waals surface area contributed by atoms with Gasteiger partial charge in [-0.2, -0.15) is 0 Å². The Morgan fingerprint density at radius 2 is 1.89 bits per heavy atom. The van der Waals surface area contributed by atoms with E-state index in [2.05, 4.69) is 9.80 Å². The van der Waals surface area contributed by atoms with E-state index in [4.69, 9.17) is 4.74 Å². The Hall–Kier alpha value is -0.610. The molecule has 1 heterocycles. The van der Waals surface area contributed by atoms with E-state index in [1.54, 1.807) is 7.11 Å². The van der Waals surface area contributed by atoms with Crippen molar-refractivity contribution in [2.45, 2.75) is 25.7 Å². The molecule has 2 atom stereocenters. The maximum absolute atomic E-state index is 12.5. The van der Waals surface area contributed by atoms with E-state index >= 15 is 0 Å². The van der Waals surface area contributed by atoms with Gasteiger partial charge in [0.2, 0.25) is 5.91 Å². The van der Waals surface area contributed by atoms with Gasteiger partial charge < -0.3 is 9.64 Å². The molecule has 108 valence electrons. The number of hydrogen-bond donors (Lipinski definition) is 0. The van der Waals surface area contributed by atoms with E-state index in [0.29, 0.717) is 11.8 Å². The predicted octanol–water partition coefficient (Wildman–Crippen LogP) is 1.21. The number of nitrogens with zero attached hydrogens (tertiary/aromatic N) is 2. The summed E-state index contributed by atoms with van der Waals surface area (Å²) in [5, 5.41) is 0. The Balaban J connectivity index is 1.47. The van der Waals surface area contributed by atoms with E-state index < -0.39 is 0 Å². The first-order valence-electron chi connectivity index (χ1n) is 7.78. The Labute approximate surface area is 116 Å². The van der Waals surface area contributed by atoms with Crippen molar-refractivity contribution in [3.05, 3.63) is 0 Å². The van der Waals surface area contributed by atoms with Crippen molar-refractivity contribution in [2.75, 3.05) is 46.4 Å². The zero-order valence-electron chi connectivity index (χ0n) is 12.0. The Kier molecular flexibility index (Phi) is 4.08. The van der Waals surface area contributed by atoms with Gasteiger partial charge in [0.15, 0.2) is 0 Å². The predicted molar refractivity (Wildman–Crippen MR) is 73.8 cm³/mol. The van der Waals surface area contributed by atoms with Gasteiger partial charge in [-0.15, -0.1) is 0 Å². The SMILES string of the molecule is COCCN1CCCN(C(=O)C2CC3CC3C2)CC1. The summed E-state index contributed by atoms with van der Waals surface area (Å²) in [4.78, 5) is 17.1. The van der Waals surface area contributed by atoms with Gasteiger partial charge in [-0.25, -0.2) is 0 Å². The molecule has 2 aliphatic carbocycles. The van der Waals surface area contributed by atoms with Crippen LogP contribution >= 0.6 is 0 Å². The standard InChI is InChI=1S/C15H26N2O2/c1-19-8-7-16-3-2-4-17(6-5-16)15(18)14-10-12-9-13(12)11-14/h12-14H,2-11H2,1H3. The van der Waals surface area contributed by atoms with Crippen molar-refractivity contribution >= 4 is 5.91 Å². The van der Waals surface area contributed by atoms with Gasteiger partial charge in [-0.05, 0) is 44.1 Å². The molecule has 2 unspecified atom stereocenters. The third-order valence-electron chi connectivity index (χ3n) is 5.10. The molecule has 1 aliphatic heterocycles. The monoisotopic (exact) mass is 266 g/mol. The van der Waals surface area contributed by atoms with Crippen molar-refractivity contribution in [1.29, 1.82) is 0 Å². The molecule has 0 radical (unpaired) electrons. The van der Waals surface area contributed by atoms with E-state index in [0.717, 1.165) is 57.6 Å². The minimum atomic E-state index is 0.356. The highest BCUT2D eigenvalue weighted by atomic mass is 16.5. The van der Waals surface area contributed by atoms with Crippen LogP contribution in [0.5, 0.6) is 0 Å². The fraction of sp³-hybridized carbons (Fsp3) is 0.933. The second-order valence-electron chi connectivity index (χ2n) is 6.44. The van der Waals surface area contributed by atoms with E-state index in [1.807, 2.05) is 0 Å². The second-order valence-corrected chi connectivity index (χ2v) is 6.44. The largest absolute Gasteiger partial charge is 0.383 e. The summed E-state index contributed by atoms with van der Waals surface area (Å²) >= 11 is 0. The molecular weight excluding hydrogens is 240 g/mol. The van der Waals surface area contributed by atoms with Gasteiger partial charge in [0.05, 0.1) is 6.61 Å². The summed E-state index contributed by atoms with van der Waals surface area (Å²) in [6, 6.07) is 0. The lowest BCUT2D eigenvalue weighted by molar-refractivity contribution is -0.135. The fourth-order valence-corrected chi connectivity index (χ4v) is 3.81. The summed E-state index contributed by atoms with van der Waals surface area (Å²) in [6.45, 7) is 5.76. The van der Waals surface area contributed by atoms with Gasteiger partial charge in [0, 0.05) is 39.2 Å². The molecule has 3 rings (SSSR count). The molecule has 0 aromatic rings. The number of carbonyl (C=O) groups excluding carboxylic acids is 1. The Bertz CT molecular complexity index is 324. The average Bonchev–Trinajstić information content (AvgIpc) is 3.11. The molecular formula is C15H26N2O2. The number of methoxy groups -OCH3 is 1. The lowest BCUT2D eigenvalue weighted by Crippen LogP contribution is -2.39. The third kappa shape index (κ3) is 3.11. The highest BCUT2D eigenvalue weighted by Gasteiger charge is 2.48. The van der Waals surface area contributed by atoms with Crippen LogP contribution in [0.1, 0.15) is 25.7 Å². The van der Waals surface area contributed by atoms with Crippen LogP contribution < -0.4 is 0 Å². The van der Waals surface area contributed by atoms with E-state index in [9.17, 15) is 4.79 Å². The molecule has 19 heavy (non-hydrogen) atoms. The van der Waals surface area contributed by atoms with Gasteiger partial charge in [-0.1, -0.05) is 0 Å². The third-order valence-corrected chi connectivity index (χ3v) is 5.10. The van der Waals surface area contributed by atoms with Gasteiger partial charge in [0.1, 0.15) is 0 Å². The molecule has 0 bridgehead atoms. The highest BCUT2D eigenvalue weighted by molar-refractivity contribution is 5.79. The van der Waals surface area contributed by atoms with Crippen LogP contribution in [-0.2, 0) is 9.53 Å². The smallest absolute Gasteiger partial charge is 0.225 e. The zero-order chi connectivity index (χ0) is 13.2. The molecule has 3 fully saturated rings. The molecule has 1 amide bonds. The van der Waals surface area contributed by atoms with Crippen LogP contribution in [0.15, 0.2) is 0 Å². The van der Waals surface area contributed by atoms with Crippen LogP contribution in [-0.4, -0.2) is 62.1 Å². The summed E-state index contributed by atoms with van der Waals surface area (Å²) in [6.07, 6.45) is 4.85. The summed E-state index contributed by atoms with van der Waals surface area (Å²) in [5.74, 6) is 2.60. The molecule has 0 aromatic carbocycles. The molecule has 0 aromatic heterocycles. The van der Waals surface area contributed by atoms with Crippen LogP contribution in [0.2, 0.25) is 0 Å². The number of amides is 1. The molecule has 0 N–H and O–H groups in total. The molecule has 4 heteroatoms. The average molecular weight is 266 g/mol. The first kappa shape index (κ1) is 13.4. The molecule has 1 saturated heterocycles. The van der Waals surface area contributed by atoms with Crippen molar-refractivity contribution in [1.82, 2.24) is 9.80 Å². The van der Waals surface area contributed by atoms with E-state index in [1.165, 1.54) is 19.3 Å². The Morgan fingerprint density at radius 1 is 1.11 bits per heavy atom. The van der Waals surface area contributed by atoms with Crippen molar-refractivity contribution in [3.63, 3.8) is 0 Å². The lowest BCUT2D eigenvalue weighted by Gasteiger charge is -2.25. The number of ether oxygens (including phenoxy) is 1. The first-order valence-corrected chi connectivity index (χ1v) is 7.78. The summed E-state index contributed by atoms with van der Waals surface area (Å²) in [5.41, 5.74) is 0. The van der Waals surface area contributed by atoms with E-state index in [-0.39, 0.29) is 0 Å². The number of rotatable bonds is 4. The van der Waals surface area contributed by atoms with Crippen molar-refractivity contribution < 1.29 is 9.53 Å². The van der Waals surface area contributed by atoms with Crippen molar-refractivity contribution in [3.8, 4) is 0 Å². The zero-order valence-corrected chi connectivity index (χ0v) is 12.0. The number of fused-ring (bicyclic) bond motifs is 1.